The zero-order valence-electron chi connectivity index (χ0n) is 12.7. The maximum Gasteiger partial charge on any atom is 0.0991 e. The van der Waals surface area contributed by atoms with Crippen molar-refractivity contribution in [2.45, 2.75) is 63.4 Å². The Kier molecular flexibility index (Phi) is 4.60. The van der Waals surface area contributed by atoms with Gasteiger partial charge in [0.15, 0.2) is 0 Å². The highest BCUT2D eigenvalue weighted by Gasteiger charge is 2.30. The van der Waals surface area contributed by atoms with Crippen LogP contribution in [-0.2, 0) is 0 Å². The summed E-state index contributed by atoms with van der Waals surface area (Å²) in [5.74, 6) is 2.42. The zero-order valence-corrected chi connectivity index (χ0v) is 12.7. The highest BCUT2D eigenvalue weighted by Crippen LogP contribution is 2.42. The van der Waals surface area contributed by atoms with Crippen molar-refractivity contribution in [1.82, 2.24) is 0 Å². The molecule has 21 heavy (non-hydrogen) atoms. The summed E-state index contributed by atoms with van der Waals surface area (Å²) >= 11 is 0. The summed E-state index contributed by atoms with van der Waals surface area (Å²) in [6.45, 7) is 0. The lowest BCUT2D eigenvalue weighted by Crippen LogP contribution is -2.26. The minimum Gasteiger partial charge on any atom is -0.393 e. The fraction of sp³-hybridized carbons (Fsp3) is 0.632. The van der Waals surface area contributed by atoms with Crippen molar-refractivity contribution < 1.29 is 5.11 Å². The van der Waals surface area contributed by atoms with Gasteiger partial charge in [0, 0.05) is 0 Å². The second kappa shape index (κ2) is 6.62. The normalized spacial score (nSPS) is 33.3. The van der Waals surface area contributed by atoms with E-state index in [0.29, 0.717) is 5.92 Å². The average molecular weight is 283 g/mol. The van der Waals surface area contributed by atoms with Crippen LogP contribution in [0.3, 0.4) is 0 Å². The molecule has 0 spiro atoms. The van der Waals surface area contributed by atoms with Gasteiger partial charge in [-0.2, -0.15) is 5.26 Å². The molecule has 2 fully saturated rings. The predicted octanol–water partition coefficient (Wildman–Crippen LogP) is 4.38. The number of aliphatic hydroxyl groups excluding tert-OH is 1. The Hall–Kier alpha value is -1.33. The number of hydrogen-bond acceptors (Lipinski definition) is 2. The van der Waals surface area contributed by atoms with Gasteiger partial charge in [-0.25, -0.2) is 0 Å². The van der Waals surface area contributed by atoms with Gasteiger partial charge in [0.25, 0.3) is 0 Å². The minimum atomic E-state index is -0.0313. The van der Waals surface area contributed by atoms with Crippen LogP contribution >= 0.6 is 0 Å². The molecule has 112 valence electrons. The van der Waals surface area contributed by atoms with Gasteiger partial charge in [0.1, 0.15) is 0 Å². The standard InChI is InChI=1S/C19H25NO/c20-13-14-1-3-15(4-2-14)16-5-7-17(8-6-16)18-9-11-19(21)12-10-18/h1-4,16-19,21H,5-12H2/t16-,17-,18?,19?. The molecule has 2 aliphatic carbocycles. The smallest absolute Gasteiger partial charge is 0.0991 e. The van der Waals surface area contributed by atoms with E-state index < -0.39 is 0 Å². The topological polar surface area (TPSA) is 44.0 Å². The molecular weight excluding hydrogens is 258 g/mol. The van der Waals surface area contributed by atoms with Gasteiger partial charge in [-0.05, 0) is 86.8 Å². The van der Waals surface area contributed by atoms with Gasteiger partial charge in [0.2, 0.25) is 0 Å². The molecule has 0 aromatic heterocycles. The molecule has 2 nitrogen and oxygen atoms in total. The van der Waals surface area contributed by atoms with Crippen molar-refractivity contribution in [3.05, 3.63) is 35.4 Å². The van der Waals surface area contributed by atoms with Gasteiger partial charge in [-0.15, -0.1) is 0 Å². The Labute approximate surface area is 127 Å². The summed E-state index contributed by atoms with van der Waals surface area (Å²) in [4.78, 5) is 0. The Morgan fingerprint density at radius 3 is 1.86 bits per heavy atom. The molecule has 2 heteroatoms. The van der Waals surface area contributed by atoms with E-state index in [4.69, 9.17) is 5.26 Å². The summed E-state index contributed by atoms with van der Waals surface area (Å²) in [7, 11) is 0. The van der Waals surface area contributed by atoms with E-state index in [1.807, 2.05) is 12.1 Å². The number of aliphatic hydroxyl groups is 1. The first-order valence-corrected chi connectivity index (χ1v) is 8.44. The monoisotopic (exact) mass is 283 g/mol. The number of nitriles is 1. The van der Waals surface area contributed by atoms with Gasteiger partial charge < -0.3 is 5.11 Å². The molecular formula is C19H25NO. The van der Waals surface area contributed by atoms with Crippen molar-refractivity contribution in [2.75, 3.05) is 0 Å². The zero-order chi connectivity index (χ0) is 14.7. The average Bonchev–Trinajstić information content (AvgIpc) is 2.56. The largest absolute Gasteiger partial charge is 0.393 e. The number of rotatable bonds is 2. The molecule has 0 atom stereocenters. The molecule has 0 heterocycles. The van der Waals surface area contributed by atoms with E-state index >= 15 is 0 Å². The number of benzene rings is 1. The molecule has 0 bridgehead atoms. The fourth-order valence-corrected chi connectivity index (χ4v) is 4.33. The Bertz CT molecular complexity index is 485. The summed E-state index contributed by atoms with van der Waals surface area (Å²) in [6, 6.07) is 10.4. The summed E-state index contributed by atoms with van der Waals surface area (Å²) < 4.78 is 0. The lowest BCUT2D eigenvalue weighted by atomic mass is 9.69. The van der Waals surface area contributed by atoms with Crippen LogP contribution in [0, 0.1) is 23.2 Å². The molecule has 0 aliphatic heterocycles. The molecule has 0 amide bonds. The van der Waals surface area contributed by atoms with E-state index in [0.717, 1.165) is 30.2 Å². The highest BCUT2D eigenvalue weighted by molar-refractivity contribution is 5.33. The van der Waals surface area contributed by atoms with Crippen molar-refractivity contribution in [2.24, 2.45) is 11.8 Å². The summed E-state index contributed by atoms with van der Waals surface area (Å²) in [5, 5.41) is 18.5. The van der Waals surface area contributed by atoms with Crippen LogP contribution < -0.4 is 0 Å². The third kappa shape index (κ3) is 3.47. The molecule has 0 unspecified atom stereocenters. The van der Waals surface area contributed by atoms with Gasteiger partial charge in [-0.1, -0.05) is 12.1 Å². The number of hydrogen-bond donors (Lipinski definition) is 1. The molecule has 1 N–H and O–H groups in total. The van der Waals surface area contributed by atoms with E-state index in [1.54, 1.807) is 0 Å². The van der Waals surface area contributed by atoms with Crippen LogP contribution in [0.25, 0.3) is 0 Å². The first-order chi connectivity index (χ1) is 10.3. The van der Waals surface area contributed by atoms with Gasteiger partial charge in [-0.3, -0.25) is 0 Å². The van der Waals surface area contributed by atoms with Crippen molar-refractivity contribution >= 4 is 0 Å². The predicted molar refractivity (Wildman–Crippen MR) is 83.8 cm³/mol. The Morgan fingerprint density at radius 2 is 1.33 bits per heavy atom. The second-order valence-electron chi connectivity index (χ2n) is 6.91. The Morgan fingerprint density at radius 1 is 0.810 bits per heavy atom. The molecule has 2 aliphatic rings. The van der Waals surface area contributed by atoms with Crippen LogP contribution in [0.15, 0.2) is 24.3 Å². The molecule has 1 aromatic rings. The van der Waals surface area contributed by atoms with E-state index in [1.165, 1.54) is 44.1 Å². The third-order valence-corrected chi connectivity index (χ3v) is 5.69. The lowest BCUT2D eigenvalue weighted by molar-refractivity contribution is 0.0805. The molecule has 0 radical (unpaired) electrons. The maximum atomic E-state index is 9.64. The van der Waals surface area contributed by atoms with Crippen molar-refractivity contribution in [3.8, 4) is 6.07 Å². The van der Waals surface area contributed by atoms with Crippen LogP contribution in [0.4, 0.5) is 0 Å². The minimum absolute atomic E-state index is 0.0313. The molecule has 1 aromatic carbocycles. The van der Waals surface area contributed by atoms with E-state index in [-0.39, 0.29) is 6.10 Å². The summed E-state index contributed by atoms with van der Waals surface area (Å²) in [5.41, 5.74) is 2.17. The molecule has 2 saturated carbocycles. The van der Waals surface area contributed by atoms with E-state index in [2.05, 4.69) is 18.2 Å². The highest BCUT2D eigenvalue weighted by atomic mass is 16.3. The third-order valence-electron chi connectivity index (χ3n) is 5.69. The molecule has 3 rings (SSSR count). The first-order valence-electron chi connectivity index (χ1n) is 8.44. The van der Waals surface area contributed by atoms with E-state index in [9.17, 15) is 5.11 Å². The summed E-state index contributed by atoms with van der Waals surface area (Å²) in [6.07, 6.45) is 9.71. The fourth-order valence-electron chi connectivity index (χ4n) is 4.33. The SMILES string of the molecule is N#Cc1ccc([C@H]2CC[C@H](C3CCC(O)CC3)CC2)cc1. The quantitative estimate of drug-likeness (QED) is 0.875. The Balaban J connectivity index is 1.53. The first kappa shape index (κ1) is 14.6. The van der Waals surface area contributed by atoms with Crippen molar-refractivity contribution in [3.63, 3.8) is 0 Å². The van der Waals surface area contributed by atoms with Crippen LogP contribution in [0.5, 0.6) is 0 Å². The lowest BCUT2D eigenvalue weighted by Gasteiger charge is -2.37. The van der Waals surface area contributed by atoms with Gasteiger partial charge in [0.05, 0.1) is 17.7 Å². The van der Waals surface area contributed by atoms with Crippen LogP contribution in [0.2, 0.25) is 0 Å². The second-order valence-corrected chi connectivity index (χ2v) is 6.91. The van der Waals surface area contributed by atoms with Crippen LogP contribution in [0.1, 0.15) is 68.4 Å². The van der Waals surface area contributed by atoms with Gasteiger partial charge >= 0.3 is 0 Å². The maximum absolute atomic E-state index is 9.64. The van der Waals surface area contributed by atoms with Crippen LogP contribution in [-0.4, -0.2) is 11.2 Å². The molecule has 0 saturated heterocycles. The van der Waals surface area contributed by atoms with Crippen molar-refractivity contribution in [1.29, 1.82) is 5.26 Å². The number of nitrogens with zero attached hydrogens (tertiary/aromatic N) is 1.